The first-order chi connectivity index (χ1) is 15.7. The monoisotopic (exact) mass is 450 g/mol. The summed E-state index contributed by atoms with van der Waals surface area (Å²) >= 11 is 0. The third-order valence-electron chi connectivity index (χ3n) is 6.09. The van der Waals surface area contributed by atoms with E-state index in [1.165, 1.54) is 70.3 Å². The van der Waals surface area contributed by atoms with E-state index in [-0.39, 0.29) is 17.8 Å². The van der Waals surface area contributed by atoms with Gasteiger partial charge in [0, 0.05) is 13.2 Å². The Kier molecular flexibility index (Phi) is 18.3. The van der Waals surface area contributed by atoms with Gasteiger partial charge in [0.15, 0.2) is 17.8 Å². The van der Waals surface area contributed by atoms with Crippen molar-refractivity contribution in [3.05, 3.63) is 23.8 Å². The highest BCUT2D eigenvalue weighted by Crippen LogP contribution is 2.29. The zero-order valence-corrected chi connectivity index (χ0v) is 21.0. The fourth-order valence-corrected chi connectivity index (χ4v) is 3.99. The van der Waals surface area contributed by atoms with Crippen molar-refractivity contribution in [3.8, 4) is 11.5 Å². The first kappa shape index (κ1) is 28.8. The topological polar surface area (TPSA) is 58.9 Å². The van der Waals surface area contributed by atoms with Crippen molar-refractivity contribution in [1.82, 2.24) is 0 Å². The van der Waals surface area contributed by atoms with Crippen molar-refractivity contribution in [2.45, 2.75) is 129 Å². The Balaban J connectivity index is 2.17. The van der Waals surface area contributed by atoms with Crippen molar-refractivity contribution in [2.24, 2.45) is 0 Å². The molecule has 4 nitrogen and oxygen atoms in total. The second-order valence-electron chi connectivity index (χ2n) is 9.09. The van der Waals surface area contributed by atoms with Gasteiger partial charge in [-0.1, -0.05) is 96.6 Å². The minimum atomic E-state index is -0.0448. The van der Waals surface area contributed by atoms with Crippen LogP contribution in [0.15, 0.2) is 18.2 Å². The number of phenolic OH excluding ortho intramolecular Hbond substituents is 2. The predicted molar refractivity (Wildman–Crippen MR) is 134 cm³/mol. The molecule has 2 N–H and O–H groups in total. The first-order valence-corrected chi connectivity index (χ1v) is 13.4. The summed E-state index contributed by atoms with van der Waals surface area (Å²) in [7, 11) is 0. The maximum Gasteiger partial charge on any atom is 0.160 e. The number of ether oxygens (including phenoxy) is 2. The molecule has 0 aliphatic rings. The number of aryl methyl sites for hydroxylation is 1. The highest BCUT2D eigenvalue weighted by atomic mass is 16.7. The normalized spacial score (nSPS) is 11.5. The molecule has 0 fully saturated rings. The number of hydrogen-bond acceptors (Lipinski definition) is 4. The predicted octanol–water partition coefficient (Wildman–Crippen LogP) is 8.28. The van der Waals surface area contributed by atoms with E-state index in [0.717, 1.165) is 63.7 Å². The Bertz CT molecular complexity index is 530. The fraction of sp³-hybridized carbons (Fsp3) is 0.786. The van der Waals surface area contributed by atoms with Crippen molar-refractivity contribution in [1.29, 1.82) is 0 Å². The molecule has 1 aromatic carbocycles. The van der Waals surface area contributed by atoms with E-state index >= 15 is 0 Å². The van der Waals surface area contributed by atoms with Gasteiger partial charge in [-0.25, -0.2) is 0 Å². The molecule has 0 aromatic heterocycles. The summed E-state index contributed by atoms with van der Waals surface area (Å²) in [6.45, 7) is 6.13. The van der Waals surface area contributed by atoms with Crippen LogP contribution in [0.5, 0.6) is 11.5 Å². The Labute approximate surface area is 197 Å². The van der Waals surface area contributed by atoms with Gasteiger partial charge in [-0.15, -0.1) is 0 Å². The lowest BCUT2D eigenvalue weighted by molar-refractivity contribution is -0.148. The lowest BCUT2D eigenvalue weighted by atomic mass is 10.0. The number of aromatic hydroxyl groups is 2. The smallest absolute Gasteiger partial charge is 0.160 e. The van der Waals surface area contributed by atoms with E-state index < -0.39 is 0 Å². The second-order valence-corrected chi connectivity index (χ2v) is 9.09. The van der Waals surface area contributed by atoms with Crippen molar-refractivity contribution >= 4 is 0 Å². The van der Waals surface area contributed by atoms with E-state index in [1.54, 1.807) is 6.07 Å². The van der Waals surface area contributed by atoms with Crippen LogP contribution in [-0.2, 0) is 15.9 Å². The quantitative estimate of drug-likeness (QED) is 0.106. The fourth-order valence-electron chi connectivity index (χ4n) is 3.99. The number of para-hydroxylation sites is 1. The minimum Gasteiger partial charge on any atom is -0.504 e. The molecule has 0 atom stereocenters. The third kappa shape index (κ3) is 14.7. The lowest BCUT2D eigenvalue weighted by Crippen LogP contribution is -2.19. The minimum absolute atomic E-state index is 0.0238. The van der Waals surface area contributed by atoms with Crippen LogP contribution >= 0.6 is 0 Å². The number of hydrogen-bond donors (Lipinski definition) is 2. The number of phenols is 2. The highest BCUT2D eigenvalue weighted by Gasteiger charge is 2.10. The molecule has 0 saturated heterocycles. The average molecular weight is 451 g/mol. The molecule has 0 heterocycles. The van der Waals surface area contributed by atoms with E-state index in [1.807, 2.05) is 6.07 Å². The Hall–Kier alpha value is -1.26. The molecule has 0 radical (unpaired) electrons. The SMILES string of the molecule is CCCCCCCOC(CCCCCCCc1cccc(O)c1O)OCCCCCCC. The zero-order chi connectivity index (χ0) is 23.3. The maximum absolute atomic E-state index is 9.88. The lowest BCUT2D eigenvalue weighted by Gasteiger charge is -2.19. The molecule has 1 aromatic rings. The highest BCUT2D eigenvalue weighted by molar-refractivity contribution is 5.44. The molecule has 0 amide bonds. The standard InChI is InChI=1S/C28H50O4/c1-3-5-7-12-16-23-31-27(32-24-17-13-8-6-4-2)22-15-11-9-10-14-19-25-20-18-21-26(29)28(25)30/h18,20-21,27,29-30H,3-17,19,22-24H2,1-2H3. The van der Waals surface area contributed by atoms with Crippen LogP contribution in [-0.4, -0.2) is 29.7 Å². The largest absolute Gasteiger partial charge is 0.504 e. The molecular formula is C28H50O4. The summed E-state index contributed by atoms with van der Waals surface area (Å²) < 4.78 is 12.2. The third-order valence-corrected chi connectivity index (χ3v) is 6.09. The summed E-state index contributed by atoms with van der Waals surface area (Å²) in [6.07, 6.45) is 20.0. The number of rotatable bonds is 22. The van der Waals surface area contributed by atoms with Crippen LogP contribution in [0.3, 0.4) is 0 Å². The van der Waals surface area contributed by atoms with E-state index in [0.29, 0.717) is 0 Å². The van der Waals surface area contributed by atoms with Gasteiger partial charge < -0.3 is 19.7 Å². The van der Waals surface area contributed by atoms with E-state index in [4.69, 9.17) is 9.47 Å². The molecule has 186 valence electrons. The van der Waals surface area contributed by atoms with Crippen LogP contribution < -0.4 is 0 Å². The molecule has 0 saturated carbocycles. The van der Waals surface area contributed by atoms with Gasteiger partial charge in [-0.2, -0.15) is 0 Å². The van der Waals surface area contributed by atoms with E-state index in [2.05, 4.69) is 13.8 Å². The van der Waals surface area contributed by atoms with E-state index in [9.17, 15) is 10.2 Å². The van der Waals surface area contributed by atoms with Gasteiger partial charge in [0.25, 0.3) is 0 Å². The Morgan fingerprint density at radius 3 is 1.81 bits per heavy atom. The summed E-state index contributed by atoms with van der Waals surface area (Å²) in [5, 5.41) is 19.5. The second kappa shape index (κ2) is 20.4. The number of benzene rings is 1. The molecule has 32 heavy (non-hydrogen) atoms. The summed E-state index contributed by atoms with van der Waals surface area (Å²) in [5.41, 5.74) is 0.838. The molecule has 4 heteroatoms. The van der Waals surface area contributed by atoms with Gasteiger partial charge >= 0.3 is 0 Å². The molecular weight excluding hydrogens is 400 g/mol. The zero-order valence-electron chi connectivity index (χ0n) is 21.0. The Morgan fingerprint density at radius 1 is 0.656 bits per heavy atom. The summed E-state index contributed by atoms with van der Waals surface area (Å²) in [5.74, 6) is 0.0123. The van der Waals surface area contributed by atoms with Gasteiger partial charge in [-0.05, 0) is 50.2 Å². The van der Waals surface area contributed by atoms with Crippen LogP contribution in [0.2, 0.25) is 0 Å². The molecule has 0 aliphatic carbocycles. The van der Waals surface area contributed by atoms with Crippen molar-refractivity contribution in [2.75, 3.05) is 13.2 Å². The van der Waals surface area contributed by atoms with Gasteiger partial charge in [0.2, 0.25) is 0 Å². The maximum atomic E-state index is 9.88. The Morgan fingerprint density at radius 2 is 1.19 bits per heavy atom. The first-order valence-electron chi connectivity index (χ1n) is 13.4. The van der Waals surface area contributed by atoms with Crippen LogP contribution in [0.4, 0.5) is 0 Å². The molecule has 0 aliphatic heterocycles. The molecule has 1 rings (SSSR count). The molecule has 0 unspecified atom stereocenters. The number of unbranched alkanes of at least 4 members (excludes halogenated alkanes) is 12. The summed E-state index contributed by atoms with van der Waals surface area (Å²) in [6, 6.07) is 5.20. The molecule has 0 bridgehead atoms. The van der Waals surface area contributed by atoms with Crippen molar-refractivity contribution in [3.63, 3.8) is 0 Å². The van der Waals surface area contributed by atoms with Crippen LogP contribution in [0.1, 0.15) is 122 Å². The molecule has 0 spiro atoms. The van der Waals surface area contributed by atoms with Gasteiger partial charge in [0.05, 0.1) is 0 Å². The van der Waals surface area contributed by atoms with Crippen LogP contribution in [0, 0.1) is 0 Å². The van der Waals surface area contributed by atoms with Crippen LogP contribution in [0.25, 0.3) is 0 Å². The average Bonchev–Trinajstić information content (AvgIpc) is 2.79. The van der Waals surface area contributed by atoms with Crippen molar-refractivity contribution < 1.29 is 19.7 Å². The summed E-state index contributed by atoms with van der Waals surface area (Å²) in [4.78, 5) is 0. The van der Waals surface area contributed by atoms with Gasteiger partial charge in [-0.3, -0.25) is 0 Å². The van der Waals surface area contributed by atoms with Gasteiger partial charge in [0.1, 0.15) is 0 Å².